The molecule has 0 radical (unpaired) electrons. The number of amides is 1. The molecule has 0 N–H and O–H groups in total. The third-order valence-electron chi connectivity index (χ3n) is 4.59. The van der Waals surface area contributed by atoms with Crippen LogP contribution in [0.4, 0.5) is 5.13 Å². The van der Waals surface area contributed by atoms with E-state index in [0.717, 1.165) is 16.0 Å². The van der Waals surface area contributed by atoms with Crippen molar-refractivity contribution in [3.63, 3.8) is 0 Å². The van der Waals surface area contributed by atoms with Crippen LogP contribution in [0.15, 0.2) is 47.4 Å². The van der Waals surface area contributed by atoms with Gasteiger partial charge >= 0.3 is 0 Å². The molecule has 0 aliphatic carbocycles. The topological polar surface area (TPSA) is 79.8 Å². The molecule has 9 heteroatoms. The number of fused-ring (bicyclic) bond motifs is 1. The number of methoxy groups -OCH3 is 1. The first kappa shape index (κ1) is 22.2. The Morgan fingerprint density at radius 3 is 2.40 bits per heavy atom. The highest BCUT2D eigenvalue weighted by Crippen LogP contribution is 2.31. The summed E-state index contributed by atoms with van der Waals surface area (Å²) in [5.41, 5.74) is 1.56. The molecule has 0 bridgehead atoms. The molecule has 0 saturated heterocycles. The molecule has 0 aliphatic rings. The summed E-state index contributed by atoms with van der Waals surface area (Å²) in [6.07, 6.45) is 1.42. The summed E-state index contributed by atoms with van der Waals surface area (Å²) in [4.78, 5) is 21.6. The van der Waals surface area contributed by atoms with Crippen molar-refractivity contribution in [1.29, 1.82) is 0 Å². The van der Waals surface area contributed by atoms with Gasteiger partial charge in [-0.2, -0.15) is 0 Å². The maximum atomic E-state index is 13.1. The second-order valence-electron chi connectivity index (χ2n) is 7.27. The lowest BCUT2D eigenvalue weighted by Gasteiger charge is -2.22. The quantitative estimate of drug-likeness (QED) is 0.528. The predicted molar refractivity (Wildman–Crippen MR) is 120 cm³/mol. The molecule has 1 aromatic heterocycles. The molecule has 3 aromatic rings. The molecule has 0 spiro atoms. The van der Waals surface area contributed by atoms with Gasteiger partial charge in [-0.3, -0.25) is 9.69 Å². The van der Waals surface area contributed by atoms with Crippen LogP contribution < -0.4 is 9.64 Å². The number of sulfone groups is 1. The van der Waals surface area contributed by atoms with Crippen molar-refractivity contribution in [1.82, 2.24) is 9.88 Å². The fraction of sp³-hybridized carbons (Fsp3) is 0.333. The first-order valence-electron chi connectivity index (χ1n) is 9.36. The van der Waals surface area contributed by atoms with Gasteiger partial charge in [0.15, 0.2) is 15.0 Å². The predicted octanol–water partition coefficient (Wildman–Crippen LogP) is 2.85. The normalized spacial score (nSPS) is 11.8. The van der Waals surface area contributed by atoms with Crippen LogP contribution in [0.3, 0.4) is 0 Å². The third-order valence-corrected chi connectivity index (χ3v) is 6.75. The Morgan fingerprint density at radius 1 is 1.10 bits per heavy atom. The third kappa shape index (κ3) is 5.35. The van der Waals surface area contributed by atoms with E-state index in [2.05, 4.69) is 4.98 Å². The van der Waals surface area contributed by atoms with Crippen molar-refractivity contribution < 1.29 is 17.9 Å². The van der Waals surface area contributed by atoms with Crippen LogP contribution in [0.2, 0.25) is 0 Å². The number of thiazole rings is 1. The second kappa shape index (κ2) is 9.11. The summed E-state index contributed by atoms with van der Waals surface area (Å²) in [5.74, 6) is 0.674. The summed E-state index contributed by atoms with van der Waals surface area (Å²) in [5, 5.41) is 0.566. The van der Waals surface area contributed by atoms with E-state index in [1.54, 1.807) is 30.2 Å². The highest BCUT2D eigenvalue weighted by atomic mass is 32.2. The molecule has 1 amide bonds. The molecule has 7 nitrogen and oxygen atoms in total. The zero-order valence-corrected chi connectivity index (χ0v) is 19.1. The lowest BCUT2D eigenvalue weighted by Crippen LogP contribution is -2.37. The highest BCUT2D eigenvalue weighted by Gasteiger charge is 2.21. The number of hydrogen-bond acceptors (Lipinski definition) is 7. The number of carbonyl (C=O) groups excluding carboxylic acids is 1. The van der Waals surface area contributed by atoms with Gasteiger partial charge in [0.2, 0.25) is 5.91 Å². The van der Waals surface area contributed by atoms with Crippen molar-refractivity contribution in [3.05, 3.63) is 48.0 Å². The fourth-order valence-electron chi connectivity index (χ4n) is 2.88. The molecule has 0 unspecified atom stereocenters. The van der Waals surface area contributed by atoms with E-state index >= 15 is 0 Å². The smallest absolute Gasteiger partial charge is 0.233 e. The minimum Gasteiger partial charge on any atom is -0.497 e. The Kier molecular flexibility index (Phi) is 6.74. The van der Waals surface area contributed by atoms with E-state index in [1.807, 2.05) is 43.3 Å². The van der Waals surface area contributed by atoms with Gasteiger partial charge < -0.3 is 9.64 Å². The molecule has 30 heavy (non-hydrogen) atoms. The molecule has 0 aliphatic heterocycles. The number of ether oxygens (including phenoxy) is 1. The Hall–Kier alpha value is -2.49. The first-order valence-corrected chi connectivity index (χ1v) is 12.1. The van der Waals surface area contributed by atoms with E-state index < -0.39 is 9.84 Å². The summed E-state index contributed by atoms with van der Waals surface area (Å²) in [6.45, 7) is 1.17. The lowest BCUT2D eigenvalue weighted by molar-refractivity contribution is -0.118. The van der Waals surface area contributed by atoms with E-state index in [-0.39, 0.29) is 17.2 Å². The molecular weight excluding hydrogens is 422 g/mol. The van der Waals surface area contributed by atoms with Crippen molar-refractivity contribution in [2.75, 3.05) is 45.5 Å². The Bertz CT molecular complexity index is 1140. The number of hydrogen-bond donors (Lipinski definition) is 0. The van der Waals surface area contributed by atoms with Gasteiger partial charge in [0.25, 0.3) is 0 Å². The number of aromatic nitrogens is 1. The Labute approximate surface area is 180 Å². The average molecular weight is 448 g/mol. The van der Waals surface area contributed by atoms with Crippen molar-refractivity contribution >= 4 is 42.4 Å². The lowest BCUT2D eigenvalue weighted by atomic mass is 10.1. The van der Waals surface area contributed by atoms with Crippen LogP contribution in [0.5, 0.6) is 5.75 Å². The first-order chi connectivity index (χ1) is 14.2. The zero-order chi connectivity index (χ0) is 21.9. The van der Waals surface area contributed by atoms with Gasteiger partial charge in [0.05, 0.1) is 28.6 Å². The molecule has 0 saturated carbocycles. The molecule has 1 heterocycles. The van der Waals surface area contributed by atoms with Gasteiger partial charge in [-0.05, 0) is 50.0 Å². The standard InChI is InChI=1S/C21H25N3O4S2/c1-23(2)11-12-24(20(25)13-15-5-7-16(28-3)8-6-15)21-22-18-10-9-17(30(4,26)27)14-19(18)29-21/h5-10,14H,11-13H2,1-4H3. The van der Waals surface area contributed by atoms with Crippen LogP contribution in [0, 0.1) is 0 Å². The minimum absolute atomic E-state index is 0.0654. The number of anilines is 1. The van der Waals surface area contributed by atoms with Gasteiger partial charge in [0.1, 0.15) is 5.75 Å². The van der Waals surface area contributed by atoms with Crippen molar-refractivity contribution in [3.8, 4) is 5.75 Å². The number of likely N-dealkylation sites (N-methyl/N-ethyl adjacent to an activating group) is 1. The number of nitrogens with zero attached hydrogens (tertiary/aromatic N) is 3. The Balaban J connectivity index is 1.90. The summed E-state index contributed by atoms with van der Waals surface area (Å²) >= 11 is 1.32. The van der Waals surface area contributed by atoms with Gasteiger partial charge in [-0.25, -0.2) is 13.4 Å². The molecule has 0 atom stereocenters. The van der Waals surface area contributed by atoms with E-state index in [4.69, 9.17) is 4.74 Å². The summed E-state index contributed by atoms with van der Waals surface area (Å²) in [6, 6.07) is 12.3. The molecular formula is C21H25N3O4S2. The molecule has 0 fully saturated rings. The summed E-state index contributed by atoms with van der Waals surface area (Å²) in [7, 11) is 2.19. The van der Waals surface area contributed by atoms with Crippen LogP contribution in [0.1, 0.15) is 5.56 Å². The Morgan fingerprint density at radius 2 is 1.80 bits per heavy atom. The van der Waals surface area contributed by atoms with Crippen molar-refractivity contribution in [2.45, 2.75) is 11.3 Å². The highest BCUT2D eigenvalue weighted by molar-refractivity contribution is 7.90. The van der Waals surface area contributed by atoms with E-state index in [9.17, 15) is 13.2 Å². The minimum atomic E-state index is -3.31. The number of carbonyl (C=O) groups is 1. The van der Waals surface area contributed by atoms with Crippen molar-refractivity contribution in [2.24, 2.45) is 0 Å². The van der Waals surface area contributed by atoms with Crippen LogP contribution in [-0.4, -0.2) is 64.8 Å². The van der Waals surface area contributed by atoms with Crippen LogP contribution >= 0.6 is 11.3 Å². The van der Waals surface area contributed by atoms with Gasteiger partial charge in [0, 0.05) is 19.3 Å². The fourth-order valence-corrected chi connectivity index (χ4v) is 4.65. The van der Waals surface area contributed by atoms with Crippen LogP contribution in [-0.2, 0) is 21.1 Å². The van der Waals surface area contributed by atoms with E-state index in [0.29, 0.717) is 23.7 Å². The average Bonchev–Trinajstić information content (AvgIpc) is 3.10. The van der Waals surface area contributed by atoms with E-state index in [1.165, 1.54) is 17.6 Å². The van der Waals surface area contributed by atoms with Gasteiger partial charge in [-0.15, -0.1) is 0 Å². The summed E-state index contributed by atoms with van der Waals surface area (Å²) < 4.78 is 29.6. The van der Waals surface area contributed by atoms with Crippen LogP contribution in [0.25, 0.3) is 10.2 Å². The molecule has 2 aromatic carbocycles. The monoisotopic (exact) mass is 447 g/mol. The second-order valence-corrected chi connectivity index (χ2v) is 10.3. The molecule has 3 rings (SSSR count). The number of benzene rings is 2. The number of rotatable bonds is 8. The SMILES string of the molecule is COc1ccc(CC(=O)N(CCN(C)C)c2nc3ccc(S(C)(=O)=O)cc3s2)cc1. The maximum absolute atomic E-state index is 13.1. The van der Waals surface area contributed by atoms with Gasteiger partial charge in [-0.1, -0.05) is 23.5 Å². The maximum Gasteiger partial charge on any atom is 0.233 e. The largest absolute Gasteiger partial charge is 0.497 e. The molecule has 160 valence electrons. The zero-order valence-electron chi connectivity index (χ0n) is 17.5.